The minimum atomic E-state index is -1.56. The summed E-state index contributed by atoms with van der Waals surface area (Å²) < 4.78 is 0. The molecule has 0 saturated carbocycles. The Morgan fingerprint density at radius 3 is 2.00 bits per heavy atom. The predicted octanol–water partition coefficient (Wildman–Crippen LogP) is -0.834. The van der Waals surface area contributed by atoms with Gasteiger partial charge in [0.15, 0.2) is 0 Å². The molecule has 0 unspecified atom stereocenters. The Balaban J connectivity index is 2.93. The SMILES string of the molecule is O=[N+](O)c1ccc(B(O)O)cc1. The van der Waals surface area contributed by atoms with Crippen LogP contribution in [0.2, 0.25) is 0 Å². The summed E-state index contributed by atoms with van der Waals surface area (Å²) >= 11 is 0. The molecule has 0 atom stereocenters. The average molecular weight is 168 g/mol. The van der Waals surface area contributed by atoms with Gasteiger partial charge in [0.1, 0.15) is 0 Å². The zero-order valence-electron chi connectivity index (χ0n) is 6.08. The van der Waals surface area contributed by atoms with Gasteiger partial charge in [-0.15, -0.1) is 0 Å². The molecule has 0 fully saturated rings. The van der Waals surface area contributed by atoms with Crippen molar-refractivity contribution in [2.45, 2.75) is 0 Å². The van der Waals surface area contributed by atoms with Crippen LogP contribution in [0.1, 0.15) is 0 Å². The van der Waals surface area contributed by atoms with Gasteiger partial charge in [0.2, 0.25) is 0 Å². The summed E-state index contributed by atoms with van der Waals surface area (Å²) in [6.07, 6.45) is 0. The molecule has 1 rings (SSSR count). The molecule has 0 saturated heterocycles. The molecule has 0 spiro atoms. The Labute approximate surface area is 68.6 Å². The molecular weight excluding hydrogens is 161 g/mol. The van der Waals surface area contributed by atoms with Gasteiger partial charge in [-0.1, -0.05) is 12.1 Å². The van der Waals surface area contributed by atoms with Crippen LogP contribution >= 0.6 is 0 Å². The van der Waals surface area contributed by atoms with Crippen LogP contribution in [-0.2, 0) is 0 Å². The van der Waals surface area contributed by atoms with Gasteiger partial charge >= 0.3 is 12.8 Å². The van der Waals surface area contributed by atoms with Crippen LogP contribution in [0.25, 0.3) is 0 Å². The second-order valence-corrected chi connectivity index (χ2v) is 2.24. The van der Waals surface area contributed by atoms with Gasteiger partial charge < -0.3 is 10.0 Å². The Bertz CT molecular complexity index is 284. The quantitative estimate of drug-likeness (QED) is 0.397. The van der Waals surface area contributed by atoms with Crippen LogP contribution in [0.3, 0.4) is 0 Å². The van der Waals surface area contributed by atoms with E-state index in [2.05, 4.69) is 0 Å². The van der Waals surface area contributed by atoms with Gasteiger partial charge in [0, 0.05) is 12.1 Å². The minimum Gasteiger partial charge on any atom is -0.423 e. The molecule has 0 heterocycles. The van der Waals surface area contributed by atoms with E-state index in [9.17, 15) is 4.91 Å². The molecule has 6 heteroatoms. The van der Waals surface area contributed by atoms with Crippen LogP contribution in [0.4, 0.5) is 5.69 Å². The lowest BCUT2D eigenvalue weighted by Gasteiger charge is -1.95. The summed E-state index contributed by atoms with van der Waals surface area (Å²) in [5, 5.41) is 25.7. The highest BCUT2D eigenvalue weighted by Gasteiger charge is 2.14. The highest BCUT2D eigenvalue weighted by atomic mass is 16.6. The smallest absolute Gasteiger partial charge is 0.423 e. The first-order valence-corrected chi connectivity index (χ1v) is 3.23. The molecular formula is C6H7BNO4+. The van der Waals surface area contributed by atoms with Crippen molar-refractivity contribution in [1.29, 1.82) is 0 Å². The fourth-order valence-electron chi connectivity index (χ4n) is 0.774. The third-order valence-corrected chi connectivity index (χ3v) is 1.41. The first-order chi connectivity index (χ1) is 5.61. The molecule has 1 aromatic carbocycles. The monoisotopic (exact) mass is 168 g/mol. The normalized spacial score (nSPS) is 9.50. The summed E-state index contributed by atoms with van der Waals surface area (Å²) in [6.45, 7) is 0. The van der Waals surface area contributed by atoms with Crippen LogP contribution in [0.5, 0.6) is 0 Å². The van der Waals surface area contributed by atoms with Crippen molar-refractivity contribution in [3.05, 3.63) is 29.2 Å². The number of rotatable bonds is 2. The van der Waals surface area contributed by atoms with Gasteiger partial charge in [-0.2, -0.15) is 0 Å². The van der Waals surface area contributed by atoms with E-state index in [4.69, 9.17) is 15.3 Å². The molecule has 0 aromatic heterocycles. The molecule has 1 aromatic rings. The zero-order chi connectivity index (χ0) is 9.14. The average Bonchev–Trinajstić information content (AvgIpc) is 2.04. The maximum absolute atomic E-state index is 10.3. The first kappa shape index (κ1) is 8.70. The molecule has 62 valence electrons. The highest BCUT2D eigenvalue weighted by molar-refractivity contribution is 6.58. The predicted molar refractivity (Wildman–Crippen MR) is 41.3 cm³/mol. The molecule has 0 amide bonds. The third-order valence-electron chi connectivity index (χ3n) is 1.41. The van der Waals surface area contributed by atoms with Crippen LogP contribution in [0, 0.1) is 4.91 Å². The van der Waals surface area contributed by atoms with Crippen LogP contribution < -0.4 is 5.46 Å². The van der Waals surface area contributed by atoms with E-state index in [-0.39, 0.29) is 16.1 Å². The van der Waals surface area contributed by atoms with Gasteiger partial charge in [0.25, 0.3) is 4.92 Å². The topological polar surface area (TPSA) is 80.8 Å². The largest absolute Gasteiger partial charge is 0.488 e. The van der Waals surface area contributed by atoms with E-state index >= 15 is 0 Å². The highest BCUT2D eigenvalue weighted by Crippen LogP contribution is 2.05. The van der Waals surface area contributed by atoms with Crippen molar-refractivity contribution in [2.75, 3.05) is 0 Å². The summed E-state index contributed by atoms with van der Waals surface area (Å²) in [4.78, 5) is 9.98. The summed E-state index contributed by atoms with van der Waals surface area (Å²) in [7, 11) is -1.56. The summed E-state index contributed by atoms with van der Waals surface area (Å²) in [5.74, 6) is 0. The molecule has 0 aliphatic carbocycles. The maximum Gasteiger partial charge on any atom is 0.488 e. The molecule has 0 aliphatic heterocycles. The molecule has 5 nitrogen and oxygen atoms in total. The minimum absolute atomic E-state index is 0.0411. The fourth-order valence-corrected chi connectivity index (χ4v) is 0.774. The molecule has 3 N–H and O–H groups in total. The lowest BCUT2D eigenvalue weighted by Crippen LogP contribution is -2.29. The van der Waals surface area contributed by atoms with Gasteiger partial charge in [-0.25, -0.2) is 5.21 Å². The van der Waals surface area contributed by atoms with Crippen molar-refractivity contribution in [1.82, 2.24) is 0 Å². The standard InChI is InChI=1S/C6H7BNO4/c9-7(10)5-1-3-6(4-2-5)8(11)12/h1-4,9-10H,(H,11,12)/q+1. The van der Waals surface area contributed by atoms with Gasteiger partial charge in [-0.05, 0) is 5.46 Å². The zero-order valence-corrected chi connectivity index (χ0v) is 6.08. The third kappa shape index (κ3) is 1.80. The van der Waals surface area contributed by atoms with E-state index in [1.165, 1.54) is 24.3 Å². The van der Waals surface area contributed by atoms with Crippen molar-refractivity contribution < 1.29 is 20.2 Å². The van der Waals surface area contributed by atoms with E-state index in [1.807, 2.05) is 0 Å². The maximum atomic E-state index is 10.3. The number of benzene rings is 1. The Morgan fingerprint density at radius 2 is 1.67 bits per heavy atom. The van der Waals surface area contributed by atoms with Crippen molar-refractivity contribution in [3.8, 4) is 0 Å². The summed E-state index contributed by atoms with van der Waals surface area (Å²) in [5.41, 5.74) is 0.306. The summed E-state index contributed by atoms with van der Waals surface area (Å²) in [6, 6.07) is 5.23. The Hall–Kier alpha value is -1.40. The Kier molecular flexibility index (Phi) is 2.42. The second kappa shape index (κ2) is 3.33. The van der Waals surface area contributed by atoms with Gasteiger partial charge in [0.05, 0.1) is 4.91 Å². The van der Waals surface area contributed by atoms with Crippen molar-refractivity contribution >= 4 is 18.3 Å². The van der Waals surface area contributed by atoms with Gasteiger partial charge in [-0.3, -0.25) is 0 Å². The molecule has 12 heavy (non-hydrogen) atoms. The number of nitrogens with zero attached hydrogens (tertiary/aromatic N) is 1. The lowest BCUT2D eigenvalue weighted by molar-refractivity contribution is -0.729. The van der Waals surface area contributed by atoms with E-state index in [0.29, 0.717) is 0 Å². The van der Waals surface area contributed by atoms with Crippen molar-refractivity contribution in [2.24, 2.45) is 0 Å². The fraction of sp³-hybridized carbons (Fsp3) is 0. The number of hydrogen-bond acceptors (Lipinski definition) is 3. The van der Waals surface area contributed by atoms with Crippen molar-refractivity contribution in [3.63, 3.8) is 0 Å². The first-order valence-electron chi connectivity index (χ1n) is 3.23. The molecule has 0 aliphatic rings. The second-order valence-electron chi connectivity index (χ2n) is 2.24. The van der Waals surface area contributed by atoms with E-state index < -0.39 is 7.12 Å². The Morgan fingerprint density at radius 1 is 1.17 bits per heavy atom. The van der Waals surface area contributed by atoms with E-state index in [1.54, 1.807) is 0 Å². The van der Waals surface area contributed by atoms with Crippen LogP contribution in [-0.4, -0.2) is 27.3 Å². The number of hydrogen-bond donors (Lipinski definition) is 3. The van der Waals surface area contributed by atoms with E-state index in [0.717, 1.165) is 0 Å². The van der Waals surface area contributed by atoms with Crippen LogP contribution in [0.15, 0.2) is 24.3 Å². The molecule has 0 bridgehead atoms. The molecule has 0 radical (unpaired) electrons. The lowest BCUT2D eigenvalue weighted by atomic mass is 9.80.